The van der Waals surface area contributed by atoms with Gasteiger partial charge in [0.05, 0.1) is 10.6 Å². The van der Waals surface area contributed by atoms with Crippen LogP contribution in [0.4, 0.5) is 20.6 Å². The van der Waals surface area contributed by atoms with Gasteiger partial charge in [-0.2, -0.15) is 0 Å². The number of aliphatic hydroxyl groups excluding tert-OH is 1. The summed E-state index contributed by atoms with van der Waals surface area (Å²) in [6, 6.07) is 10.7. The molecule has 21 heavy (non-hydrogen) atoms. The fourth-order valence-corrected chi connectivity index (χ4v) is 1.99. The Bertz CT molecular complexity index is 662. The minimum atomic E-state index is -0.615. The number of carbonyl (C=O) groups is 1. The monoisotopic (exact) mass is 352 g/mol. The number of halogens is 2. The van der Waals surface area contributed by atoms with Crippen LogP contribution in [-0.4, -0.2) is 11.1 Å². The van der Waals surface area contributed by atoms with E-state index in [9.17, 15) is 14.3 Å². The number of anilines is 2. The molecule has 4 nitrogen and oxygen atoms in total. The van der Waals surface area contributed by atoms with Crippen LogP contribution in [0.5, 0.6) is 0 Å². The number of aliphatic hydroxyl groups is 1. The van der Waals surface area contributed by atoms with E-state index < -0.39 is 18.0 Å². The number of benzene rings is 2. The zero-order chi connectivity index (χ0) is 15.4. The first-order valence-electron chi connectivity index (χ1n) is 6.27. The maximum absolute atomic E-state index is 13.4. The summed E-state index contributed by atoms with van der Waals surface area (Å²) < 4.78 is 13.7. The van der Waals surface area contributed by atoms with Crippen LogP contribution in [0.1, 0.15) is 18.6 Å². The lowest BCUT2D eigenvalue weighted by Gasteiger charge is -2.10. The second-order valence-corrected chi connectivity index (χ2v) is 5.36. The van der Waals surface area contributed by atoms with E-state index >= 15 is 0 Å². The van der Waals surface area contributed by atoms with Crippen molar-refractivity contribution < 1.29 is 14.3 Å². The van der Waals surface area contributed by atoms with E-state index in [1.165, 1.54) is 12.1 Å². The molecule has 2 aromatic rings. The highest BCUT2D eigenvalue weighted by molar-refractivity contribution is 9.10. The van der Waals surface area contributed by atoms with Crippen molar-refractivity contribution in [3.8, 4) is 0 Å². The first-order valence-corrected chi connectivity index (χ1v) is 7.06. The van der Waals surface area contributed by atoms with Gasteiger partial charge in [0.2, 0.25) is 0 Å². The minimum absolute atomic E-state index is 0.332. The van der Waals surface area contributed by atoms with E-state index in [1.807, 2.05) is 0 Å². The van der Waals surface area contributed by atoms with E-state index in [2.05, 4.69) is 26.6 Å². The Balaban J connectivity index is 2.04. The molecule has 0 saturated heterocycles. The average molecular weight is 353 g/mol. The van der Waals surface area contributed by atoms with Gasteiger partial charge in [-0.25, -0.2) is 9.18 Å². The Hall–Kier alpha value is -1.92. The Morgan fingerprint density at radius 1 is 1.19 bits per heavy atom. The Labute approximate surface area is 130 Å². The standard InChI is InChI=1S/C15H14BrFN2O2/c1-9(20)10-3-2-4-11(7-10)18-15(21)19-12-5-6-13(16)14(17)8-12/h2-9,20H,1H3,(H2,18,19,21). The van der Waals surface area contributed by atoms with Crippen molar-refractivity contribution in [3.63, 3.8) is 0 Å². The Kier molecular flexibility index (Phi) is 4.93. The molecule has 0 spiro atoms. The molecule has 2 aromatic carbocycles. The van der Waals surface area contributed by atoms with Gasteiger partial charge < -0.3 is 15.7 Å². The third kappa shape index (κ3) is 4.27. The highest BCUT2D eigenvalue weighted by Crippen LogP contribution is 2.20. The van der Waals surface area contributed by atoms with Crippen molar-refractivity contribution in [1.29, 1.82) is 0 Å². The third-order valence-corrected chi connectivity index (χ3v) is 3.45. The summed E-state index contributed by atoms with van der Waals surface area (Å²) in [6.45, 7) is 1.64. The van der Waals surface area contributed by atoms with E-state index in [0.29, 0.717) is 21.4 Å². The lowest BCUT2D eigenvalue weighted by atomic mass is 10.1. The molecule has 110 valence electrons. The number of hydrogen-bond donors (Lipinski definition) is 3. The SMILES string of the molecule is CC(O)c1cccc(NC(=O)Nc2ccc(Br)c(F)c2)c1. The van der Waals surface area contributed by atoms with Crippen LogP contribution in [0.3, 0.4) is 0 Å². The second-order valence-electron chi connectivity index (χ2n) is 4.51. The smallest absolute Gasteiger partial charge is 0.323 e. The van der Waals surface area contributed by atoms with E-state index in [1.54, 1.807) is 37.3 Å². The van der Waals surface area contributed by atoms with E-state index in [-0.39, 0.29) is 0 Å². The van der Waals surface area contributed by atoms with Crippen LogP contribution in [0.2, 0.25) is 0 Å². The first kappa shape index (κ1) is 15.5. The highest BCUT2D eigenvalue weighted by atomic mass is 79.9. The second kappa shape index (κ2) is 6.69. The molecule has 0 aliphatic rings. The Morgan fingerprint density at radius 3 is 2.48 bits per heavy atom. The number of urea groups is 1. The van der Waals surface area contributed by atoms with Crippen molar-refractivity contribution in [2.75, 3.05) is 10.6 Å². The molecular formula is C15H14BrFN2O2. The van der Waals surface area contributed by atoms with Crippen LogP contribution in [0, 0.1) is 5.82 Å². The van der Waals surface area contributed by atoms with Gasteiger partial charge in [-0.3, -0.25) is 0 Å². The fourth-order valence-electron chi connectivity index (χ4n) is 1.74. The summed E-state index contributed by atoms with van der Waals surface area (Å²) in [5, 5.41) is 14.7. The predicted molar refractivity (Wildman–Crippen MR) is 83.8 cm³/mol. The number of amides is 2. The summed E-state index contributed by atoms with van der Waals surface area (Å²) in [4.78, 5) is 11.8. The summed E-state index contributed by atoms with van der Waals surface area (Å²) in [5.41, 5.74) is 1.59. The van der Waals surface area contributed by atoms with Crippen LogP contribution in [0.15, 0.2) is 46.9 Å². The molecule has 0 aliphatic carbocycles. The number of nitrogens with one attached hydrogen (secondary N) is 2. The van der Waals surface area contributed by atoms with E-state index in [4.69, 9.17) is 0 Å². The normalized spacial score (nSPS) is 11.8. The maximum Gasteiger partial charge on any atom is 0.323 e. The molecule has 2 rings (SSSR count). The largest absolute Gasteiger partial charge is 0.389 e. The average Bonchev–Trinajstić information content (AvgIpc) is 2.43. The number of hydrogen-bond acceptors (Lipinski definition) is 2. The summed E-state index contributed by atoms with van der Waals surface area (Å²) in [5.74, 6) is -0.455. The lowest BCUT2D eigenvalue weighted by molar-refractivity contribution is 0.199. The predicted octanol–water partition coefficient (Wildman–Crippen LogP) is 4.29. The van der Waals surface area contributed by atoms with Gasteiger partial charge in [0.25, 0.3) is 0 Å². The lowest BCUT2D eigenvalue weighted by Crippen LogP contribution is -2.19. The van der Waals surface area contributed by atoms with Gasteiger partial charge in [-0.1, -0.05) is 12.1 Å². The van der Waals surface area contributed by atoms with Gasteiger partial charge in [-0.15, -0.1) is 0 Å². The van der Waals surface area contributed by atoms with E-state index in [0.717, 1.165) is 0 Å². The van der Waals surface area contributed by atoms with Gasteiger partial charge in [0.1, 0.15) is 5.82 Å². The molecule has 1 unspecified atom stereocenters. The van der Waals surface area contributed by atoms with Crippen molar-refractivity contribution in [3.05, 3.63) is 58.3 Å². The van der Waals surface area contributed by atoms with Crippen molar-refractivity contribution >= 4 is 33.3 Å². The minimum Gasteiger partial charge on any atom is -0.389 e. The van der Waals surface area contributed by atoms with Crippen LogP contribution >= 0.6 is 15.9 Å². The van der Waals surface area contributed by atoms with Gasteiger partial charge in [-0.05, 0) is 58.7 Å². The number of carbonyl (C=O) groups excluding carboxylic acids is 1. The molecule has 0 radical (unpaired) electrons. The van der Waals surface area contributed by atoms with Crippen LogP contribution in [0.25, 0.3) is 0 Å². The maximum atomic E-state index is 13.4. The van der Waals surface area contributed by atoms with Crippen LogP contribution in [-0.2, 0) is 0 Å². The molecule has 6 heteroatoms. The van der Waals surface area contributed by atoms with Crippen LogP contribution < -0.4 is 10.6 Å². The molecule has 0 bridgehead atoms. The van der Waals surface area contributed by atoms with Gasteiger partial charge in [0, 0.05) is 11.4 Å². The molecule has 0 aromatic heterocycles. The highest BCUT2D eigenvalue weighted by Gasteiger charge is 2.07. The first-order chi connectivity index (χ1) is 9.95. The van der Waals surface area contributed by atoms with Gasteiger partial charge >= 0.3 is 6.03 Å². The number of rotatable bonds is 3. The van der Waals surface area contributed by atoms with Crippen molar-refractivity contribution in [2.24, 2.45) is 0 Å². The molecule has 0 fully saturated rings. The molecule has 0 heterocycles. The molecule has 0 aliphatic heterocycles. The summed E-state index contributed by atoms with van der Waals surface area (Å²) in [7, 11) is 0. The molecular weight excluding hydrogens is 339 g/mol. The third-order valence-electron chi connectivity index (χ3n) is 2.80. The zero-order valence-electron chi connectivity index (χ0n) is 11.2. The molecule has 3 N–H and O–H groups in total. The topological polar surface area (TPSA) is 61.4 Å². The molecule has 2 amide bonds. The van der Waals surface area contributed by atoms with Crippen molar-refractivity contribution in [2.45, 2.75) is 13.0 Å². The summed E-state index contributed by atoms with van der Waals surface area (Å²) >= 11 is 3.04. The van der Waals surface area contributed by atoms with Crippen molar-refractivity contribution in [1.82, 2.24) is 0 Å². The molecule has 0 saturated carbocycles. The van der Waals surface area contributed by atoms with Gasteiger partial charge in [0.15, 0.2) is 0 Å². The molecule has 1 atom stereocenters. The quantitative estimate of drug-likeness (QED) is 0.771. The summed E-state index contributed by atoms with van der Waals surface area (Å²) in [6.07, 6.45) is -0.615. The Morgan fingerprint density at radius 2 is 1.86 bits per heavy atom. The fraction of sp³-hybridized carbons (Fsp3) is 0.133. The zero-order valence-corrected chi connectivity index (χ0v) is 12.8.